The lowest BCUT2D eigenvalue weighted by molar-refractivity contribution is -0.122. The topological polar surface area (TPSA) is 89.3 Å². The predicted molar refractivity (Wildman–Crippen MR) is 109 cm³/mol. The van der Waals surface area contributed by atoms with Gasteiger partial charge in [-0.3, -0.25) is 4.79 Å². The van der Waals surface area contributed by atoms with Gasteiger partial charge < -0.3 is 11.1 Å². The van der Waals surface area contributed by atoms with E-state index in [0.29, 0.717) is 25.3 Å². The van der Waals surface area contributed by atoms with Crippen LogP contribution in [0.4, 0.5) is 0 Å². The number of nitrogens with one attached hydrogen (secondary N) is 1. The van der Waals surface area contributed by atoms with Gasteiger partial charge in [0.2, 0.25) is 5.91 Å². The van der Waals surface area contributed by atoms with Crippen LogP contribution in [0.5, 0.6) is 0 Å². The van der Waals surface area contributed by atoms with Gasteiger partial charge in [0, 0.05) is 12.6 Å². The molecule has 0 aliphatic heterocycles. The van der Waals surface area contributed by atoms with Crippen LogP contribution in [0.25, 0.3) is 0 Å². The Balaban J connectivity index is 0.00000338. The first-order valence-electron chi connectivity index (χ1n) is 10.1. The molecule has 3 N–H and O–H groups in total. The van der Waals surface area contributed by atoms with Gasteiger partial charge in [0.05, 0.1) is 5.25 Å². The van der Waals surface area contributed by atoms with Crippen molar-refractivity contribution in [3.63, 3.8) is 0 Å². The summed E-state index contributed by atoms with van der Waals surface area (Å²) in [6.07, 6.45) is 10.1. The van der Waals surface area contributed by atoms with Crippen LogP contribution in [0.2, 0.25) is 0 Å². The van der Waals surface area contributed by atoms with Gasteiger partial charge in [-0.25, -0.2) is 8.42 Å². The number of sulfone groups is 1. The molecular formula is C19H37ClN2O3S. The summed E-state index contributed by atoms with van der Waals surface area (Å²) in [4.78, 5) is 12.9. The lowest BCUT2D eigenvalue weighted by atomic mass is 9.84. The van der Waals surface area contributed by atoms with Crippen molar-refractivity contribution in [1.82, 2.24) is 5.32 Å². The van der Waals surface area contributed by atoms with Gasteiger partial charge in [-0.2, -0.15) is 0 Å². The van der Waals surface area contributed by atoms with E-state index in [1.165, 1.54) is 19.3 Å². The largest absolute Gasteiger partial charge is 0.351 e. The Hall–Kier alpha value is -0.330. The van der Waals surface area contributed by atoms with Crippen LogP contribution in [-0.4, -0.2) is 37.4 Å². The number of rotatable bonds is 7. The maximum Gasteiger partial charge on any atom is 0.238 e. The predicted octanol–water partition coefficient (Wildman–Crippen LogP) is 3.20. The molecule has 0 aromatic carbocycles. The van der Waals surface area contributed by atoms with Crippen LogP contribution in [0.1, 0.15) is 78.1 Å². The number of nitrogens with two attached hydrogens (primary N) is 1. The number of hydrogen-bond acceptors (Lipinski definition) is 4. The summed E-state index contributed by atoms with van der Waals surface area (Å²) in [5.41, 5.74) is 5.92. The van der Waals surface area contributed by atoms with Crippen LogP contribution >= 0.6 is 12.4 Å². The number of carbonyl (C=O) groups is 1. The zero-order chi connectivity index (χ0) is 18.4. The second kappa shape index (κ2) is 10.9. The van der Waals surface area contributed by atoms with Crippen LogP contribution in [-0.2, 0) is 14.6 Å². The van der Waals surface area contributed by atoms with Crippen LogP contribution in [0.3, 0.4) is 0 Å². The number of halogens is 1. The molecule has 0 aromatic heterocycles. The fourth-order valence-corrected chi connectivity index (χ4v) is 7.13. The molecular weight excluding hydrogens is 372 g/mol. The summed E-state index contributed by atoms with van der Waals surface area (Å²) < 4.78 is 26.2. The highest BCUT2D eigenvalue weighted by Gasteiger charge is 2.42. The number of carbonyl (C=O) groups excluding carboxylic acids is 1. The first-order valence-corrected chi connectivity index (χ1v) is 11.7. The minimum atomic E-state index is -3.46. The Kier molecular flexibility index (Phi) is 9.91. The van der Waals surface area contributed by atoms with Crippen molar-refractivity contribution >= 4 is 28.2 Å². The standard InChI is InChI=1S/C19H36N2O3S.ClH/c1-14(2)18(25(23,24)16-11-7-4-8-12-16)19(22)21-17(13-20)15-9-5-3-6-10-15;/h14-18H,3-13,20H2,1-2H3,(H,21,22);1H. The average molecular weight is 409 g/mol. The molecule has 2 rings (SSSR count). The van der Waals surface area contributed by atoms with Gasteiger partial charge in [-0.15, -0.1) is 12.4 Å². The Morgan fingerprint density at radius 2 is 1.50 bits per heavy atom. The molecule has 2 fully saturated rings. The zero-order valence-corrected chi connectivity index (χ0v) is 17.9. The summed E-state index contributed by atoms with van der Waals surface area (Å²) in [6, 6.07) is -0.101. The zero-order valence-electron chi connectivity index (χ0n) is 16.3. The van der Waals surface area contributed by atoms with E-state index in [-0.39, 0.29) is 35.5 Å². The Morgan fingerprint density at radius 1 is 1.00 bits per heavy atom. The van der Waals surface area contributed by atoms with E-state index in [4.69, 9.17) is 5.73 Å². The quantitative estimate of drug-likeness (QED) is 0.676. The molecule has 2 atom stereocenters. The van der Waals surface area contributed by atoms with Gasteiger partial charge in [0.25, 0.3) is 0 Å². The van der Waals surface area contributed by atoms with Crippen molar-refractivity contribution in [2.45, 2.75) is 94.6 Å². The smallest absolute Gasteiger partial charge is 0.238 e. The molecule has 0 heterocycles. The van der Waals surface area contributed by atoms with E-state index in [0.717, 1.165) is 32.1 Å². The molecule has 0 radical (unpaired) electrons. The second-order valence-corrected chi connectivity index (χ2v) is 10.6. The summed E-state index contributed by atoms with van der Waals surface area (Å²) >= 11 is 0. The van der Waals surface area contributed by atoms with Crippen molar-refractivity contribution in [2.24, 2.45) is 17.6 Å². The minimum absolute atomic E-state index is 0. The average Bonchev–Trinajstić information content (AvgIpc) is 2.60. The molecule has 1 amide bonds. The maximum atomic E-state index is 13.1. The Morgan fingerprint density at radius 3 is 1.96 bits per heavy atom. The third kappa shape index (κ3) is 5.83. The summed E-state index contributed by atoms with van der Waals surface area (Å²) in [7, 11) is -3.46. The van der Waals surface area contributed by atoms with Gasteiger partial charge in [0.1, 0.15) is 5.25 Å². The lowest BCUT2D eigenvalue weighted by Crippen LogP contribution is -2.53. The summed E-state index contributed by atoms with van der Waals surface area (Å²) in [5.74, 6) is -0.175. The van der Waals surface area contributed by atoms with Crippen LogP contribution in [0.15, 0.2) is 0 Å². The highest BCUT2D eigenvalue weighted by molar-refractivity contribution is 7.93. The molecule has 0 aromatic rings. The molecule has 5 nitrogen and oxygen atoms in total. The molecule has 0 bridgehead atoms. The monoisotopic (exact) mass is 408 g/mol. The van der Waals surface area contributed by atoms with Crippen molar-refractivity contribution in [3.05, 3.63) is 0 Å². The van der Waals surface area contributed by atoms with Gasteiger partial charge >= 0.3 is 0 Å². The van der Waals surface area contributed by atoms with Gasteiger partial charge in [-0.05, 0) is 37.5 Å². The Labute approximate surface area is 165 Å². The lowest BCUT2D eigenvalue weighted by Gasteiger charge is -2.33. The van der Waals surface area contributed by atoms with Crippen molar-refractivity contribution in [1.29, 1.82) is 0 Å². The van der Waals surface area contributed by atoms with Crippen molar-refractivity contribution < 1.29 is 13.2 Å². The van der Waals surface area contributed by atoms with Crippen molar-refractivity contribution in [2.75, 3.05) is 6.54 Å². The van der Waals surface area contributed by atoms with Crippen LogP contribution in [0, 0.1) is 11.8 Å². The second-order valence-electron chi connectivity index (χ2n) is 8.26. The van der Waals surface area contributed by atoms with E-state index >= 15 is 0 Å². The minimum Gasteiger partial charge on any atom is -0.351 e. The molecule has 2 aliphatic rings. The fraction of sp³-hybridized carbons (Fsp3) is 0.947. The SMILES string of the molecule is CC(C)C(C(=O)NC(CN)C1CCCCC1)S(=O)(=O)C1CCCCC1.Cl. The van der Waals surface area contributed by atoms with Gasteiger partial charge in [0.15, 0.2) is 9.84 Å². The van der Waals surface area contributed by atoms with Gasteiger partial charge in [-0.1, -0.05) is 52.4 Å². The third-order valence-electron chi connectivity index (χ3n) is 6.04. The molecule has 0 saturated heterocycles. The molecule has 2 unspecified atom stereocenters. The summed E-state index contributed by atoms with van der Waals surface area (Å²) in [5, 5.41) is 1.71. The highest BCUT2D eigenvalue weighted by Crippen LogP contribution is 2.30. The molecule has 0 spiro atoms. The normalized spacial score (nSPS) is 22.5. The molecule has 7 heteroatoms. The van der Waals surface area contributed by atoms with E-state index in [1.54, 1.807) is 0 Å². The number of amides is 1. The molecule has 26 heavy (non-hydrogen) atoms. The van der Waals surface area contributed by atoms with Crippen molar-refractivity contribution in [3.8, 4) is 0 Å². The van der Waals surface area contributed by atoms with E-state index in [2.05, 4.69) is 5.32 Å². The van der Waals surface area contributed by atoms with E-state index < -0.39 is 15.1 Å². The van der Waals surface area contributed by atoms with E-state index in [1.807, 2.05) is 13.8 Å². The van der Waals surface area contributed by atoms with E-state index in [9.17, 15) is 13.2 Å². The maximum absolute atomic E-state index is 13.1. The fourth-order valence-electron chi connectivity index (χ4n) is 4.60. The number of hydrogen-bond donors (Lipinski definition) is 2. The third-order valence-corrected chi connectivity index (χ3v) is 8.90. The first-order chi connectivity index (χ1) is 11.9. The Bertz CT molecular complexity index is 527. The molecule has 154 valence electrons. The summed E-state index contributed by atoms with van der Waals surface area (Å²) in [6.45, 7) is 4.05. The highest BCUT2D eigenvalue weighted by atomic mass is 35.5. The first kappa shape index (κ1) is 23.7. The molecule has 2 saturated carbocycles. The van der Waals surface area contributed by atoms with Crippen LogP contribution < -0.4 is 11.1 Å². The molecule has 2 aliphatic carbocycles.